The number of rotatable bonds is 3. The molecule has 1 aromatic heterocycles. The molecule has 7 heteroatoms. The van der Waals surface area contributed by atoms with Gasteiger partial charge in [0, 0.05) is 43.1 Å². The van der Waals surface area contributed by atoms with Gasteiger partial charge < -0.3 is 4.90 Å². The van der Waals surface area contributed by atoms with Crippen LogP contribution in [-0.4, -0.2) is 43.9 Å². The molecule has 0 amide bonds. The van der Waals surface area contributed by atoms with Gasteiger partial charge in [-0.15, -0.1) is 0 Å². The molecule has 4 rings (SSSR count). The highest BCUT2D eigenvalue weighted by molar-refractivity contribution is 7.89. The van der Waals surface area contributed by atoms with E-state index < -0.39 is 15.8 Å². The Morgan fingerprint density at radius 1 is 0.923 bits per heavy atom. The van der Waals surface area contributed by atoms with Crippen LogP contribution in [0.4, 0.5) is 10.1 Å². The third kappa shape index (κ3) is 3.04. The van der Waals surface area contributed by atoms with Crippen LogP contribution in [0, 0.1) is 5.82 Å². The van der Waals surface area contributed by atoms with Crippen molar-refractivity contribution in [3.63, 3.8) is 0 Å². The lowest BCUT2D eigenvalue weighted by Crippen LogP contribution is -2.48. The number of aromatic nitrogens is 1. The van der Waals surface area contributed by atoms with Crippen molar-refractivity contribution in [1.29, 1.82) is 0 Å². The highest BCUT2D eigenvalue weighted by Gasteiger charge is 2.29. The van der Waals surface area contributed by atoms with Crippen LogP contribution in [0.25, 0.3) is 10.8 Å². The predicted octanol–water partition coefficient (Wildman–Crippen LogP) is 2.88. The number of anilines is 1. The van der Waals surface area contributed by atoms with E-state index in [-0.39, 0.29) is 4.90 Å². The first kappa shape index (κ1) is 16.9. The van der Waals surface area contributed by atoms with E-state index in [4.69, 9.17) is 0 Å². The minimum Gasteiger partial charge on any atom is -0.367 e. The minimum absolute atomic E-state index is 0.00206. The number of hydrogen-bond donors (Lipinski definition) is 0. The minimum atomic E-state index is -3.68. The quantitative estimate of drug-likeness (QED) is 0.710. The Morgan fingerprint density at radius 2 is 1.69 bits per heavy atom. The molecular formula is C19H18FN3O2S. The maximum Gasteiger partial charge on any atom is 0.243 e. The molecule has 0 aliphatic carbocycles. The van der Waals surface area contributed by atoms with Crippen molar-refractivity contribution in [2.24, 2.45) is 0 Å². The van der Waals surface area contributed by atoms with Crippen molar-refractivity contribution in [2.45, 2.75) is 4.90 Å². The number of nitrogens with zero attached hydrogens (tertiary/aromatic N) is 3. The fourth-order valence-electron chi connectivity index (χ4n) is 3.30. The molecule has 2 aromatic carbocycles. The summed E-state index contributed by atoms with van der Waals surface area (Å²) in [5.74, 6) is -0.549. The Hall–Kier alpha value is -2.51. The molecule has 2 heterocycles. The summed E-state index contributed by atoms with van der Waals surface area (Å²) in [6.07, 6.45) is 3.64. The second-order valence-electron chi connectivity index (χ2n) is 6.23. The van der Waals surface area contributed by atoms with Gasteiger partial charge in [-0.25, -0.2) is 12.8 Å². The number of hydrogen-bond acceptors (Lipinski definition) is 4. The molecule has 3 aromatic rings. The van der Waals surface area contributed by atoms with Crippen molar-refractivity contribution in [3.8, 4) is 0 Å². The van der Waals surface area contributed by atoms with Gasteiger partial charge in [-0.2, -0.15) is 4.31 Å². The van der Waals surface area contributed by atoms with E-state index >= 15 is 0 Å². The molecule has 0 bridgehead atoms. The number of pyridine rings is 1. The van der Waals surface area contributed by atoms with E-state index in [0.29, 0.717) is 26.2 Å². The Kier molecular flexibility index (Phi) is 4.34. The molecular weight excluding hydrogens is 353 g/mol. The second kappa shape index (κ2) is 6.66. The van der Waals surface area contributed by atoms with Gasteiger partial charge in [-0.3, -0.25) is 4.98 Å². The van der Waals surface area contributed by atoms with Crippen molar-refractivity contribution < 1.29 is 12.8 Å². The van der Waals surface area contributed by atoms with Gasteiger partial charge in [-0.05, 0) is 18.2 Å². The average molecular weight is 371 g/mol. The summed E-state index contributed by atoms with van der Waals surface area (Å²) in [7, 11) is -3.68. The van der Waals surface area contributed by atoms with E-state index in [1.165, 1.54) is 22.5 Å². The van der Waals surface area contributed by atoms with Crippen LogP contribution >= 0.6 is 0 Å². The molecule has 0 unspecified atom stereocenters. The monoisotopic (exact) mass is 371 g/mol. The lowest BCUT2D eigenvalue weighted by molar-refractivity contribution is 0.385. The molecule has 0 saturated carbocycles. The van der Waals surface area contributed by atoms with Gasteiger partial charge >= 0.3 is 0 Å². The fraction of sp³-hybridized carbons (Fsp3) is 0.211. The van der Waals surface area contributed by atoms with Gasteiger partial charge in [-0.1, -0.05) is 30.3 Å². The molecule has 0 N–H and O–H groups in total. The molecule has 5 nitrogen and oxygen atoms in total. The number of fused-ring (bicyclic) bond motifs is 1. The summed E-state index contributed by atoms with van der Waals surface area (Å²) in [5.41, 5.74) is 1.01. The molecule has 26 heavy (non-hydrogen) atoms. The zero-order valence-corrected chi connectivity index (χ0v) is 14.9. The first-order valence-electron chi connectivity index (χ1n) is 8.39. The number of piperazine rings is 1. The zero-order chi connectivity index (χ0) is 18.1. The first-order valence-corrected chi connectivity index (χ1v) is 9.83. The van der Waals surface area contributed by atoms with Crippen LogP contribution in [0.3, 0.4) is 0 Å². The van der Waals surface area contributed by atoms with Crippen molar-refractivity contribution >= 4 is 26.5 Å². The topological polar surface area (TPSA) is 53.5 Å². The molecule has 0 atom stereocenters. The summed E-state index contributed by atoms with van der Waals surface area (Å²) < 4.78 is 40.3. The van der Waals surface area contributed by atoms with E-state index in [2.05, 4.69) is 9.88 Å². The largest absolute Gasteiger partial charge is 0.367 e. The second-order valence-corrected chi connectivity index (χ2v) is 8.17. The van der Waals surface area contributed by atoms with Crippen LogP contribution < -0.4 is 4.90 Å². The third-order valence-corrected chi connectivity index (χ3v) is 6.56. The predicted molar refractivity (Wildman–Crippen MR) is 99.1 cm³/mol. The highest BCUT2D eigenvalue weighted by atomic mass is 32.2. The summed E-state index contributed by atoms with van der Waals surface area (Å²) in [4.78, 5) is 6.44. The fourth-order valence-corrected chi connectivity index (χ4v) is 4.75. The number of benzene rings is 2. The smallest absolute Gasteiger partial charge is 0.243 e. The lowest BCUT2D eigenvalue weighted by atomic mass is 10.1. The van der Waals surface area contributed by atoms with Gasteiger partial charge in [0.1, 0.15) is 5.82 Å². The van der Waals surface area contributed by atoms with E-state index in [9.17, 15) is 12.8 Å². The van der Waals surface area contributed by atoms with Gasteiger partial charge in [0.05, 0.1) is 16.8 Å². The summed E-state index contributed by atoms with van der Waals surface area (Å²) in [5, 5.41) is 2.16. The van der Waals surface area contributed by atoms with Crippen LogP contribution in [0.1, 0.15) is 0 Å². The third-order valence-electron chi connectivity index (χ3n) is 4.66. The summed E-state index contributed by atoms with van der Waals surface area (Å²) in [6, 6.07) is 13.2. The molecule has 134 valence electrons. The molecule has 1 fully saturated rings. The zero-order valence-electron chi connectivity index (χ0n) is 14.0. The van der Waals surface area contributed by atoms with Gasteiger partial charge in [0.15, 0.2) is 0 Å². The Morgan fingerprint density at radius 3 is 2.46 bits per heavy atom. The molecule has 1 aliphatic heterocycles. The molecule has 1 saturated heterocycles. The van der Waals surface area contributed by atoms with Gasteiger partial charge in [0.25, 0.3) is 0 Å². The maximum atomic E-state index is 13.4. The SMILES string of the molecule is O=S(=O)(c1cccc(F)c1)N1CCN(c2cncc3ccccc23)CC1. The van der Waals surface area contributed by atoms with Crippen molar-refractivity contribution in [1.82, 2.24) is 9.29 Å². The number of sulfonamides is 1. The van der Waals surface area contributed by atoms with Gasteiger partial charge in [0.2, 0.25) is 10.0 Å². The van der Waals surface area contributed by atoms with Crippen LogP contribution in [0.5, 0.6) is 0 Å². The first-order chi connectivity index (χ1) is 12.6. The lowest BCUT2D eigenvalue weighted by Gasteiger charge is -2.35. The standard InChI is InChI=1S/C19H18FN3O2S/c20-16-5-3-6-17(12-16)26(24,25)23-10-8-22(9-11-23)19-14-21-13-15-4-1-2-7-18(15)19/h1-7,12-14H,8-11H2. The Bertz CT molecular complexity index is 1040. The molecule has 0 spiro atoms. The van der Waals surface area contributed by atoms with Crippen LogP contribution in [0.2, 0.25) is 0 Å². The van der Waals surface area contributed by atoms with Crippen molar-refractivity contribution in [2.75, 3.05) is 31.1 Å². The Labute approximate surface area is 151 Å². The highest BCUT2D eigenvalue weighted by Crippen LogP contribution is 2.27. The maximum absolute atomic E-state index is 13.4. The van der Waals surface area contributed by atoms with E-state index in [0.717, 1.165) is 22.5 Å². The summed E-state index contributed by atoms with van der Waals surface area (Å²) >= 11 is 0. The molecule has 0 radical (unpaired) electrons. The van der Waals surface area contributed by atoms with E-state index in [1.807, 2.05) is 36.7 Å². The Balaban J connectivity index is 1.56. The van der Waals surface area contributed by atoms with E-state index in [1.54, 1.807) is 0 Å². The normalized spacial score (nSPS) is 16.1. The van der Waals surface area contributed by atoms with Crippen LogP contribution in [0.15, 0.2) is 65.8 Å². The average Bonchev–Trinajstić information content (AvgIpc) is 2.68. The molecule has 1 aliphatic rings. The van der Waals surface area contributed by atoms with Crippen molar-refractivity contribution in [3.05, 3.63) is 66.7 Å². The number of halogens is 1. The van der Waals surface area contributed by atoms with Crippen LogP contribution in [-0.2, 0) is 10.0 Å². The summed E-state index contributed by atoms with van der Waals surface area (Å²) in [6.45, 7) is 1.82.